The first-order chi connectivity index (χ1) is 17.2. The smallest absolute Gasteiger partial charge is 0.233 e. The van der Waals surface area contributed by atoms with E-state index in [4.69, 9.17) is 4.74 Å². The second-order valence-corrected chi connectivity index (χ2v) is 11.0. The molecule has 9 heteroatoms. The summed E-state index contributed by atoms with van der Waals surface area (Å²) in [4.78, 5) is 31.3. The first kappa shape index (κ1) is 25.6. The number of carbonyl (C=O) groups excluding carboxylic acids is 2. The predicted octanol–water partition coefficient (Wildman–Crippen LogP) is 4.05. The first-order valence-corrected chi connectivity index (χ1v) is 13.3. The molecule has 0 radical (unpaired) electrons. The lowest BCUT2D eigenvalue weighted by molar-refractivity contribution is -0.115. The average Bonchev–Trinajstić information content (AvgIpc) is 2.86. The van der Waals surface area contributed by atoms with Gasteiger partial charge in [0.2, 0.25) is 11.8 Å². The number of rotatable bonds is 8. The number of benzene rings is 1. The van der Waals surface area contributed by atoms with Crippen LogP contribution < -0.4 is 10.1 Å². The Labute approximate surface area is 213 Å². The topological polar surface area (TPSA) is 111 Å². The molecule has 4 rings (SSSR count). The van der Waals surface area contributed by atoms with Crippen LogP contribution in [-0.4, -0.2) is 42.9 Å². The quantitative estimate of drug-likeness (QED) is 0.490. The standard InChI is InChI=1S/C27H30N4O4S/c1-5-36(34)19-8-6-18(7-9-19)16-24(32)29-23-12-10-20-21(28-23)14-15-27(4,26(20)33)22-11-13-25(31-30-22)35-17(2)3/h6-13,17H,5,14-16H2,1-4H3,(H,28,29,32). The molecule has 2 heterocycles. The molecule has 0 saturated heterocycles. The molecule has 1 N–H and O–H groups in total. The number of hydrogen-bond acceptors (Lipinski definition) is 7. The molecule has 0 saturated carbocycles. The van der Waals surface area contributed by atoms with E-state index in [2.05, 4.69) is 20.5 Å². The molecule has 1 amide bonds. The summed E-state index contributed by atoms with van der Waals surface area (Å²) in [5.74, 6) is 1.12. The molecule has 2 aromatic heterocycles. The minimum absolute atomic E-state index is 0.0112. The highest BCUT2D eigenvalue weighted by molar-refractivity contribution is 7.85. The van der Waals surface area contributed by atoms with Crippen LogP contribution in [0.2, 0.25) is 0 Å². The van der Waals surface area contributed by atoms with Crippen molar-refractivity contribution in [3.05, 3.63) is 71.0 Å². The number of ether oxygens (including phenoxy) is 1. The Balaban J connectivity index is 1.44. The number of aryl methyl sites for hydroxylation is 1. The Hall–Kier alpha value is -3.46. The van der Waals surface area contributed by atoms with E-state index in [9.17, 15) is 13.8 Å². The van der Waals surface area contributed by atoms with Gasteiger partial charge in [0.1, 0.15) is 5.82 Å². The van der Waals surface area contributed by atoms with Gasteiger partial charge in [-0.25, -0.2) is 4.98 Å². The van der Waals surface area contributed by atoms with Gasteiger partial charge in [-0.1, -0.05) is 19.1 Å². The fourth-order valence-corrected chi connectivity index (χ4v) is 4.98. The molecule has 0 spiro atoms. The van der Waals surface area contributed by atoms with Crippen molar-refractivity contribution in [2.75, 3.05) is 11.1 Å². The number of anilines is 1. The third kappa shape index (κ3) is 5.51. The second kappa shape index (κ2) is 10.7. The molecule has 0 aliphatic heterocycles. The minimum Gasteiger partial charge on any atom is -0.474 e. The summed E-state index contributed by atoms with van der Waals surface area (Å²) in [6.45, 7) is 7.57. The summed E-state index contributed by atoms with van der Waals surface area (Å²) in [5, 5.41) is 11.2. The molecule has 1 aromatic carbocycles. The monoisotopic (exact) mass is 506 g/mol. The zero-order chi connectivity index (χ0) is 25.9. The SMILES string of the molecule is CCS(=O)c1ccc(CC(=O)Nc2ccc3c(n2)CCC(C)(c2ccc(OC(C)C)nn2)C3=O)cc1. The largest absolute Gasteiger partial charge is 0.474 e. The van der Waals surface area contributed by atoms with Gasteiger partial charge < -0.3 is 10.1 Å². The lowest BCUT2D eigenvalue weighted by Gasteiger charge is -2.32. The van der Waals surface area contributed by atoms with Crippen LogP contribution in [0, 0.1) is 0 Å². The van der Waals surface area contributed by atoms with Crippen LogP contribution in [0.5, 0.6) is 5.88 Å². The molecule has 0 bridgehead atoms. The van der Waals surface area contributed by atoms with Crippen molar-refractivity contribution in [3.8, 4) is 5.88 Å². The summed E-state index contributed by atoms with van der Waals surface area (Å²) in [7, 11) is -1.02. The number of Topliss-reactive ketones (excluding diaryl/α,β-unsaturated/α-hetero) is 1. The number of pyridine rings is 1. The summed E-state index contributed by atoms with van der Waals surface area (Å²) < 4.78 is 17.4. The maximum Gasteiger partial charge on any atom is 0.233 e. The van der Waals surface area contributed by atoms with E-state index in [1.54, 1.807) is 36.4 Å². The number of nitrogens with one attached hydrogen (secondary N) is 1. The van der Waals surface area contributed by atoms with E-state index in [0.29, 0.717) is 47.2 Å². The van der Waals surface area contributed by atoms with Crippen LogP contribution >= 0.6 is 0 Å². The van der Waals surface area contributed by atoms with Gasteiger partial charge in [-0.15, -0.1) is 5.10 Å². The molecule has 3 aromatic rings. The molecular weight excluding hydrogens is 476 g/mol. The van der Waals surface area contributed by atoms with Gasteiger partial charge in [0.05, 0.1) is 40.1 Å². The van der Waals surface area contributed by atoms with E-state index in [1.807, 2.05) is 39.8 Å². The number of fused-ring (bicyclic) bond motifs is 1. The Morgan fingerprint density at radius 1 is 1.11 bits per heavy atom. The Morgan fingerprint density at radius 2 is 1.86 bits per heavy atom. The zero-order valence-corrected chi connectivity index (χ0v) is 21.7. The minimum atomic E-state index is -1.02. The fraction of sp³-hybridized carbons (Fsp3) is 0.370. The number of ketones is 1. The van der Waals surface area contributed by atoms with Gasteiger partial charge in [0, 0.05) is 22.3 Å². The van der Waals surface area contributed by atoms with E-state index < -0.39 is 16.2 Å². The molecular formula is C27H30N4O4S. The maximum absolute atomic E-state index is 13.4. The van der Waals surface area contributed by atoms with Crippen molar-refractivity contribution >= 4 is 28.3 Å². The van der Waals surface area contributed by atoms with Gasteiger partial charge >= 0.3 is 0 Å². The van der Waals surface area contributed by atoms with Crippen molar-refractivity contribution in [2.24, 2.45) is 0 Å². The number of amides is 1. The molecule has 0 fully saturated rings. The Bertz CT molecular complexity index is 1290. The van der Waals surface area contributed by atoms with E-state index in [-0.39, 0.29) is 24.2 Å². The molecule has 2 unspecified atom stereocenters. The Morgan fingerprint density at radius 3 is 2.50 bits per heavy atom. The summed E-state index contributed by atoms with van der Waals surface area (Å²) >= 11 is 0. The van der Waals surface area contributed by atoms with Crippen molar-refractivity contribution in [2.45, 2.75) is 63.4 Å². The number of carbonyl (C=O) groups is 2. The van der Waals surface area contributed by atoms with E-state index in [1.165, 1.54) is 0 Å². The van der Waals surface area contributed by atoms with Gasteiger partial charge in [0.25, 0.3) is 0 Å². The zero-order valence-electron chi connectivity index (χ0n) is 20.9. The molecule has 8 nitrogen and oxygen atoms in total. The lowest BCUT2D eigenvalue weighted by atomic mass is 9.71. The van der Waals surface area contributed by atoms with Crippen LogP contribution in [0.15, 0.2) is 53.4 Å². The third-order valence-corrected chi connectivity index (χ3v) is 7.55. The third-order valence-electron chi connectivity index (χ3n) is 6.22. The van der Waals surface area contributed by atoms with Crippen molar-refractivity contribution in [1.29, 1.82) is 0 Å². The first-order valence-electron chi connectivity index (χ1n) is 12.0. The number of aromatic nitrogens is 3. The second-order valence-electron chi connectivity index (χ2n) is 9.28. The van der Waals surface area contributed by atoms with Gasteiger partial charge in [-0.05, 0) is 69.5 Å². The van der Waals surface area contributed by atoms with Crippen LogP contribution in [0.1, 0.15) is 61.4 Å². The van der Waals surface area contributed by atoms with E-state index >= 15 is 0 Å². The summed E-state index contributed by atoms with van der Waals surface area (Å²) in [6.07, 6.45) is 1.27. The highest BCUT2D eigenvalue weighted by atomic mass is 32.2. The molecule has 1 aliphatic carbocycles. The van der Waals surface area contributed by atoms with Gasteiger partial charge in [0.15, 0.2) is 5.78 Å². The maximum atomic E-state index is 13.4. The van der Waals surface area contributed by atoms with Crippen molar-refractivity contribution in [1.82, 2.24) is 15.2 Å². The highest BCUT2D eigenvalue weighted by Gasteiger charge is 2.42. The summed E-state index contributed by atoms with van der Waals surface area (Å²) in [5.41, 5.74) is 1.80. The van der Waals surface area contributed by atoms with Crippen molar-refractivity contribution < 1.29 is 18.5 Å². The Kier molecular flexibility index (Phi) is 7.59. The lowest BCUT2D eigenvalue weighted by Crippen LogP contribution is -2.39. The normalized spacial score (nSPS) is 18.0. The molecule has 2 atom stereocenters. The predicted molar refractivity (Wildman–Crippen MR) is 138 cm³/mol. The number of nitrogens with zero attached hydrogens (tertiary/aromatic N) is 3. The van der Waals surface area contributed by atoms with E-state index in [0.717, 1.165) is 10.5 Å². The van der Waals surface area contributed by atoms with Crippen LogP contribution in [0.25, 0.3) is 0 Å². The van der Waals surface area contributed by atoms with Crippen LogP contribution in [0.3, 0.4) is 0 Å². The van der Waals surface area contributed by atoms with Crippen molar-refractivity contribution in [3.63, 3.8) is 0 Å². The van der Waals surface area contributed by atoms with Crippen LogP contribution in [-0.2, 0) is 33.9 Å². The molecule has 36 heavy (non-hydrogen) atoms. The molecule has 1 aliphatic rings. The van der Waals surface area contributed by atoms with Crippen LogP contribution in [0.4, 0.5) is 5.82 Å². The molecule has 188 valence electrons. The fourth-order valence-electron chi connectivity index (χ4n) is 4.21. The van der Waals surface area contributed by atoms with Gasteiger partial charge in [-0.2, -0.15) is 5.10 Å². The van der Waals surface area contributed by atoms with Gasteiger partial charge in [-0.3, -0.25) is 13.8 Å². The average molecular weight is 507 g/mol. The summed E-state index contributed by atoms with van der Waals surface area (Å²) in [6, 6.07) is 14.1. The number of hydrogen-bond donors (Lipinski definition) is 1. The highest BCUT2D eigenvalue weighted by Crippen LogP contribution is 2.37.